The fraction of sp³-hybridized carbons (Fsp3) is 0.680. The largest absolute Gasteiger partial charge is 0.463 e. The van der Waals surface area contributed by atoms with Gasteiger partial charge in [-0.1, -0.05) is 6.92 Å². The van der Waals surface area contributed by atoms with Crippen LogP contribution >= 0.6 is 0 Å². The molecule has 2 aliphatic heterocycles. The van der Waals surface area contributed by atoms with Gasteiger partial charge < -0.3 is 24.1 Å². The number of carbonyl (C=O) groups is 2. The van der Waals surface area contributed by atoms with Crippen molar-refractivity contribution in [3.05, 3.63) is 24.1 Å². The third-order valence-corrected chi connectivity index (χ3v) is 7.94. The van der Waals surface area contributed by atoms with E-state index in [4.69, 9.17) is 4.42 Å². The Labute approximate surface area is 190 Å². The third kappa shape index (κ3) is 3.85. The predicted molar refractivity (Wildman–Crippen MR) is 123 cm³/mol. The maximum atomic E-state index is 13.7. The average Bonchev–Trinajstić information content (AvgIpc) is 3.51. The molecule has 2 fully saturated rings. The molecule has 3 aliphatic rings. The normalized spacial score (nSPS) is 28.9. The summed E-state index contributed by atoms with van der Waals surface area (Å²) in [5.74, 6) is 0.635. The number of nitrogens with one attached hydrogen (secondary N) is 1. The zero-order valence-corrected chi connectivity index (χ0v) is 19.4. The van der Waals surface area contributed by atoms with Crippen LogP contribution in [0.15, 0.2) is 22.8 Å². The highest BCUT2D eigenvalue weighted by atomic mass is 16.3. The van der Waals surface area contributed by atoms with Gasteiger partial charge in [0.2, 0.25) is 5.91 Å². The zero-order valence-electron chi connectivity index (χ0n) is 19.4. The van der Waals surface area contributed by atoms with Gasteiger partial charge in [0, 0.05) is 24.7 Å². The van der Waals surface area contributed by atoms with Crippen molar-refractivity contribution in [2.24, 2.45) is 5.92 Å². The Morgan fingerprint density at radius 2 is 1.94 bits per heavy atom. The minimum atomic E-state index is -0.915. The summed E-state index contributed by atoms with van der Waals surface area (Å²) in [6.07, 6.45) is 9.39. The second-order valence-electron chi connectivity index (χ2n) is 10.3. The van der Waals surface area contributed by atoms with Crippen molar-refractivity contribution in [2.75, 3.05) is 26.2 Å². The summed E-state index contributed by atoms with van der Waals surface area (Å²) in [6.45, 7) is 8.53. The molecule has 174 valence electrons. The number of carbonyl (C=O) groups excluding carboxylic acids is 2. The number of hydrogen-bond acceptors (Lipinski definition) is 4. The lowest BCUT2D eigenvalue weighted by molar-refractivity contribution is -0.133. The Morgan fingerprint density at radius 3 is 2.69 bits per heavy atom. The minimum absolute atomic E-state index is 0.0254. The molecule has 2 amide bonds. The molecule has 1 saturated carbocycles. The van der Waals surface area contributed by atoms with Crippen LogP contribution in [0.25, 0.3) is 11.1 Å². The lowest BCUT2D eigenvalue weighted by Gasteiger charge is -2.45. The number of aromatic nitrogens is 1. The summed E-state index contributed by atoms with van der Waals surface area (Å²) < 4.78 is 7.54. The zero-order chi connectivity index (χ0) is 22.3. The number of nitrogens with zero attached hydrogens (tertiary/aromatic N) is 3. The molecule has 0 radical (unpaired) electrons. The van der Waals surface area contributed by atoms with Crippen molar-refractivity contribution in [3.63, 3.8) is 0 Å². The van der Waals surface area contributed by atoms with Crippen LogP contribution < -0.4 is 5.32 Å². The molecule has 2 aromatic heterocycles. The standard InChI is InChI=1S/C25H36N4O3/c1-18-6-8-19(9-7-18)26-24(31)25(2)17-28-20-10-15-32-22(20)16-21(28)23(30)29(25)14-5-13-27-11-3-4-12-27/h10,15-16,18-19H,3-9,11-14,17H2,1-2H3,(H,26,31). The molecule has 1 aliphatic carbocycles. The summed E-state index contributed by atoms with van der Waals surface area (Å²) in [5.41, 5.74) is 1.30. The van der Waals surface area contributed by atoms with Crippen LogP contribution in [0.5, 0.6) is 0 Å². The van der Waals surface area contributed by atoms with E-state index in [9.17, 15) is 9.59 Å². The SMILES string of the molecule is CC1CCC(NC(=O)C2(C)Cn3c(cc4occc43)C(=O)N2CCCN2CCCC2)CC1. The number of hydrogen-bond donors (Lipinski definition) is 1. The van der Waals surface area contributed by atoms with Crippen LogP contribution in [-0.4, -0.2) is 63.9 Å². The summed E-state index contributed by atoms with van der Waals surface area (Å²) in [5, 5.41) is 3.32. The van der Waals surface area contributed by atoms with Crippen LogP contribution in [0.4, 0.5) is 0 Å². The van der Waals surface area contributed by atoms with Crippen LogP contribution in [-0.2, 0) is 11.3 Å². The maximum absolute atomic E-state index is 13.7. The molecular formula is C25H36N4O3. The topological polar surface area (TPSA) is 70.7 Å². The molecule has 1 saturated heterocycles. The van der Waals surface area contributed by atoms with Crippen molar-refractivity contribution in [1.29, 1.82) is 0 Å². The predicted octanol–water partition coefficient (Wildman–Crippen LogP) is 3.63. The second-order valence-corrected chi connectivity index (χ2v) is 10.3. The van der Waals surface area contributed by atoms with E-state index in [1.54, 1.807) is 6.26 Å². The van der Waals surface area contributed by atoms with Gasteiger partial charge in [-0.25, -0.2) is 0 Å². The summed E-state index contributed by atoms with van der Waals surface area (Å²) >= 11 is 0. The van der Waals surface area contributed by atoms with E-state index in [0.29, 0.717) is 24.4 Å². The molecule has 32 heavy (non-hydrogen) atoms. The van der Waals surface area contributed by atoms with Gasteiger partial charge in [-0.05, 0) is 77.4 Å². The molecule has 0 aromatic carbocycles. The van der Waals surface area contributed by atoms with Crippen molar-refractivity contribution in [3.8, 4) is 0 Å². The molecule has 7 heteroatoms. The summed E-state index contributed by atoms with van der Waals surface area (Å²) in [4.78, 5) is 31.6. The van der Waals surface area contributed by atoms with Gasteiger partial charge in [0.1, 0.15) is 11.2 Å². The number of furan rings is 1. The Kier molecular flexibility index (Phi) is 5.78. The van der Waals surface area contributed by atoms with Crippen molar-refractivity contribution in [2.45, 2.75) is 76.9 Å². The Balaban J connectivity index is 1.38. The first-order chi connectivity index (χ1) is 15.5. The van der Waals surface area contributed by atoms with E-state index in [1.165, 1.54) is 12.8 Å². The van der Waals surface area contributed by atoms with E-state index >= 15 is 0 Å². The third-order valence-electron chi connectivity index (χ3n) is 7.94. The van der Waals surface area contributed by atoms with Crippen molar-refractivity contribution >= 4 is 22.9 Å². The van der Waals surface area contributed by atoms with Gasteiger partial charge in [-0.2, -0.15) is 0 Å². The first-order valence-corrected chi connectivity index (χ1v) is 12.4. The average molecular weight is 441 g/mol. The second kappa shape index (κ2) is 8.58. The van der Waals surface area contributed by atoms with Gasteiger partial charge in [0.15, 0.2) is 5.58 Å². The van der Waals surface area contributed by atoms with Crippen LogP contribution in [0, 0.1) is 5.92 Å². The Bertz CT molecular complexity index is 981. The van der Waals surface area contributed by atoms with Crippen LogP contribution in [0.3, 0.4) is 0 Å². The molecule has 4 heterocycles. The molecule has 7 nitrogen and oxygen atoms in total. The van der Waals surface area contributed by atoms with E-state index in [0.717, 1.165) is 63.2 Å². The summed E-state index contributed by atoms with van der Waals surface area (Å²) in [7, 11) is 0. The molecule has 1 atom stereocenters. The van der Waals surface area contributed by atoms with E-state index in [2.05, 4.69) is 17.1 Å². The number of fused-ring (bicyclic) bond motifs is 3. The maximum Gasteiger partial charge on any atom is 0.271 e. The van der Waals surface area contributed by atoms with E-state index < -0.39 is 5.54 Å². The lowest BCUT2D eigenvalue weighted by Crippen LogP contribution is -2.65. The molecule has 1 unspecified atom stereocenters. The number of rotatable bonds is 6. The lowest BCUT2D eigenvalue weighted by atomic mass is 9.86. The highest BCUT2D eigenvalue weighted by Gasteiger charge is 2.48. The van der Waals surface area contributed by atoms with Crippen molar-refractivity contribution in [1.82, 2.24) is 19.7 Å². The van der Waals surface area contributed by atoms with Gasteiger partial charge in [0.05, 0.1) is 18.3 Å². The fourth-order valence-electron chi connectivity index (χ4n) is 5.83. The summed E-state index contributed by atoms with van der Waals surface area (Å²) in [6, 6.07) is 3.92. The Hall–Kier alpha value is -2.28. The highest BCUT2D eigenvalue weighted by Crippen LogP contribution is 2.33. The molecular weight excluding hydrogens is 404 g/mol. The molecule has 0 spiro atoms. The fourth-order valence-corrected chi connectivity index (χ4v) is 5.83. The first-order valence-electron chi connectivity index (χ1n) is 12.4. The minimum Gasteiger partial charge on any atom is -0.463 e. The first kappa shape index (κ1) is 21.6. The van der Waals surface area contributed by atoms with E-state index in [-0.39, 0.29) is 17.9 Å². The van der Waals surface area contributed by atoms with Gasteiger partial charge >= 0.3 is 0 Å². The van der Waals surface area contributed by atoms with Crippen molar-refractivity contribution < 1.29 is 14.0 Å². The Morgan fingerprint density at radius 1 is 1.19 bits per heavy atom. The van der Waals surface area contributed by atoms with Gasteiger partial charge in [0.25, 0.3) is 5.91 Å². The molecule has 2 aromatic rings. The smallest absolute Gasteiger partial charge is 0.271 e. The van der Waals surface area contributed by atoms with Crippen LogP contribution in [0.1, 0.15) is 69.3 Å². The monoisotopic (exact) mass is 440 g/mol. The quantitative estimate of drug-likeness (QED) is 0.745. The molecule has 5 rings (SSSR count). The van der Waals surface area contributed by atoms with Crippen LogP contribution in [0.2, 0.25) is 0 Å². The molecule has 0 bridgehead atoms. The van der Waals surface area contributed by atoms with Gasteiger partial charge in [-0.15, -0.1) is 0 Å². The van der Waals surface area contributed by atoms with Gasteiger partial charge in [-0.3, -0.25) is 9.59 Å². The van der Waals surface area contributed by atoms with E-state index in [1.807, 2.05) is 28.5 Å². The molecule has 1 N–H and O–H groups in total. The number of likely N-dealkylation sites (tertiary alicyclic amines) is 1. The number of amides is 2. The highest BCUT2D eigenvalue weighted by molar-refractivity contribution is 6.02.